The molecule has 4 nitrogen and oxygen atoms in total. The van der Waals surface area contributed by atoms with Gasteiger partial charge in [0.15, 0.2) is 11.6 Å². The maximum absolute atomic E-state index is 13.7. The van der Waals surface area contributed by atoms with Crippen LogP contribution in [0.5, 0.6) is 5.75 Å². The Morgan fingerprint density at radius 3 is 2.86 bits per heavy atom. The average Bonchev–Trinajstić information content (AvgIpc) is 2.46. The zero-order valence-electron chi connectivity index (χ0n) is 12.6. The van der Waals surface area contributed by atoms with E-state index in [0.29, 0.717) is 6.54 Å². The number of rotatable bonds is 4. The Balaban J connectivity index is 1.98. The van der Waals surface area contributed by atoms with Crippen molar-refractivity contribution in [3.8, 4) is 5.75 Å². The molecule has 5 heteroatoms. The summed E-state index contributed by atoms with van der Waals surface area (Å²) < 4.78 is 18.6. The number of carbonyl (C=O) groups excluding carboxylic acids is 1. The molecule has 1 aliphatic rings. The van der Waals surface area contributed by atoms with Crippen LogP contribution in [-0.2, 0) is 11.3 Å². The molecule has 1 aromatic rings. The molecule has 0 unspecified atom stereocenters. The van der Waals surface area contributed by atoms with Gasteiger partial charge in [0.1, 0.15) is 0 Å². The molecule has 2 atom stereocenters. The molecule has 1 aromatic carbocycles. The Kier molecular flexibility index (Phi) is 5.17. The van der Waals surface area contributed by atoms with Crippen LogP contribution < -0.4 is 10.5 Å². The minimum Gasteiger partial charge on any atom is -0.494 e. The van der Waals surface area contributed by atoms with Gasteiger partial charge in [-0.25, -0.2) is 4.39 Å². The minimum atomic E-state index is -0.407. The third-order valence-corrected chi connectivity index (χ3v) is 4.08. The number of benzene rings is 1. The van der Waals surface area contributed by atoms with Crippen LogP contribution in [0.2, 0.25) is 0 Å². The zero-order chi connectivity index (χ0) is 15.4. The summed E-state index contributed by atoms with van der Waals surface area (Å²) in [5.41, 5.74) is 6.69. The highest BCUT2D eigenvalue weighted by molar-refractivity contribution is 5.78. The number of nitrogens with two attached hydrogens (primary N) is 1. The van der Waals surface area contributed by atoms with E-state index in [1.165, 1.54) is 13.2 Å². The largest absolute Gasteiger partial charge is 0.494 e. The fourth-order valence-corrected chi connectivity index (χ4v) is 2.92. The topological polar surface area (TPSA) is 55.6 Å². The lowest BCUT2D eigenvalue weighted by molar-refractivity contribution is -0.135. The van der Waals surface area contributed by atoms with Gasteiger partial charge in [-0.3, -0.25) is 4.79 Å². The summed E-state index contributed by atoms with van der Waals surface area (Å²) in [5.74, 6) is -0.0928. The molecule has 1 amide bonds. The van der Waals surface area contributed by atoms with Gasteiger partial charge in [0.2, 0.25) is 5.91 Å². The fraction of sp³-hybridized carbons (Fsp3) is 0.562. The predicted octanol–water partition coefficient (Wildman–Crippen LogP) is 2.31. The Morgan fingerprint density at radius 2 is 2.24 bits per heavy atom. The minimum absolute atomic E-state index is 0.00171. The molecule has 2 N–H and O–H groups in total. The number of carbonyl (C=O) groups is 1. The summed E-state index contributed by atoms with van der Waals surface area (Å²) in [6.45, 7) is 0.394. The molecule has 0 saturated heterocycles. The maximum Gasteiger partial charge on any atom is 0.225 e. The lowest BCUT2D eigenvalue weighted by Gasteiger charge is -2.29. The van der Waals surface area contributed by atoms with Gasteiger partial charge in [-0.1, -0.05) is 12.5 Å². The third kappa shape index (κ3) is 3.94. The number of nitrogens with zero attached hydrogens (tertiary/aromatic N) is 1. The number of hydrogen-bond acceptors (Lipinski definition) is 3. The average molecular weight is 294 g/mol. The van der Waals surface area contributed by atoms with Crippen LogP contribution in [0.3, 0.4) is 0 Å². The van der Waals surface area contributed by atoms with E-state index in [1.54, 1.807) is 24.1 Å². The van der Waals surface area contributed by atoms with Crippen LogP contribution in [-0.4, -0.2) is 31.0 Å². The summed E-state index contributed by atoms with van der Waals surface area (Å²) in [7, 11) is 3.19. The molecule has 0 bridgehead atoms. The van der Waals surface area contributed by atoms with Gasteiger partial charge in [-0.2, -0.15) is 0 Å². The molecule has 1 saturated carbocycles. The third-order valence-electron chi connectivity index (χ3n) is 4.08. The summed E-state index contributed by atoms with van der Waals surface area (Å²) >= 11 is 0. The van der Waals surface area contributed by atoms with Crippen LogP contribution in [0, 0.1) is 11.7 Å². The van der Waals surface area contributed by atoms with E-state index in [2.05, 4.69) is 0 Å². The van der Waals surface area contributed by atoms with Crippen LogP contribution >= 0.6 is 0 Å². The summed E-state index contributed by atoms with van der Waals surface area (Å²) in [5, 5.41) is 0. The molecule has 21 heavy (non-hydrogen) atoms. The predicted molar refractivity (Wildman–Crippen MR) is 79.4 cm³/mol. The monoisotopic (exact) mass is 294 g/mol. The standard InChI is InChI=1S/C16H23FN2O2/c1-19(16(20)12-4-3-5-13(18)9-12)10-11-6-7-15(21-2)14(17)8-11/h6-8,12-13H,3-5,9-10,18H2,1-2H3/t12-,13-/m1/s1. The number of halogens is 1. The van der Waals surface area contributed by atoms with Crippen molar-refractivity contribution in [1.29, 1.82) is 0 Å². The van der Waals surface area contributed by atoms with Crippen LogP contribution in [0.1, 0.15) is 31.2 Å². The van der Waals surface area contributed by atoms with Gasteiger partial charge in [0.25, 0.3) is 0 Å². The zero-order valence-corrected chi connectivity index (χ0v) is 12.6. The van der Waals surface area contributed by atoms with Crippen molar-refractivity contribution in [1.82, 2.24) is 4.90 Å². The van der Waals surface area contributed by atoms with Gasteiger partial charge >= 0.3 is 0 Å². The quantitative estimate of drug-likeness (QED) is 0.927. The molecule has 0 radical (unpaired) electrons. The second-order valence-electron chi connectivity index (χ2n) is 5.79. The second-order valence-corrected chi connectivity index (χ2v) is 5.79. The highest BCUT2D eigenvalue weighted by Crippen LogP contribution is 2.25. The number of ether oxygens (including phenoxy) is 1. The molecule has 0 aliphatic heterocycles. The normalized spacial score (nSPS) is 21.9. The van der Waals surface area contributed by atoms with E-state index in [9.17, 15) is 9.18 Å². The van der Waals surface area contributed by atoms with E-state index in [1.807, 2.05) is 0 Å². The molecule has 0 heterocycles. The molecule has 0 aromatic heterocycles. The van der Waals surface area contributed by atoms with E-state index in [4.69, 9.17) is 10.5 Å². The first-order chi connectivity index (χ1) is 10.0. The molecule has 116 valence electrons. The van der Waals surface area contributed by atoms with Gasteiger partial charge in [-0.05, 0) is 37.0 Å². The Labute approximate surface area is 125 Å². The molecule has 2 rings (SSSR count). The van der Waals surface area contributed by atoms with Crippen molar-refractivity contribution in [2.75, 3.05) is 14.2 Å². The summed E-state index contributed by atoms with van der Waals surface area (Å²) in [6.07, 6.45) is 3.65. The van der Waals surface area contributed by atoms with Crippen LogP contribution in [0.25, 0.3) is 0 Å². The van der Waals surface area contributed by atoms with Crippen molar-refractivity contribution in [2.24, 2.45) is 11.7 Å². The van der Waals surface area contributed by atoms with Crippen LogP contribution in [0.15, 0.2) is 18.2 Å². The highest BCUT2D eigenvalue weighted by Gasteiger charge is 2.27. The van der Waals surface area contributed by atoms with Crippen molar-refractivity contribution >= 4 is 5.91 Å². The summed E-state index contributed by atoms with van der Waals surface area (Å²) in [6, 6.07) is 4.90. The van der Waals surface area contributed by atoms with Gasteiger partial charge in [-0.15, -0.1) is 0 Å². The lowest BCUT2D eigenvalue weighted by Crippen LogP contribution is -2.38. The van der Waals surface area contributed by atoms with Crippen LogP contribution in [0.4, 0.5) is 4.39 Å². The Hall–Kier alpha value is -1.62. The van der Waals surface area contributed by atoms with Gasteiger partial charge < -0.3 is 15.4 Å². The van der Waals surface area contributed by atoms with E-state index >= 15 is 0 Å². The first-order valence-electron chi connectivity index (χ1n) is 7.34. The lowest BCUT2D eigenvalue weighted by atomic mass is 9.85. The second kappa shape index (κ2) is 6.89. The molecule has 1 aliphatic carbocycles. The smallest absolute Gasteiger partial charge is 0.225 e. The van der Waals surface area contributed by atoms with E-state index in [0.717, 1.165) is 31.2 Å². The van der Waals surface area contributed by atoms with Gasteiger partial charge in [0, 0.05) is 25.6 Å². The first-order valence-corrected chi connectivity index (χ1v) is 7.34. The molecule has 1 fully saturated rings. The van der Waals surface area contributed by atoms with Crippen molar-refractivity contribution in [3.63, 3.8) is 0 Å². The Morgan fingerprint density at radius 1 is 1.48 bits per heavy atom. The summed E-state index contributed by atoms with van der Waals surface area (Å²) in [4.78, 5) is 14.1. The maximum atomic E-state index is 13.7. The van der Waals surface area contributed by atoms with Gasteiger partial charge in [0.05, 0.1) is 7.11 Å². The van der Waals surface area contributed by atoms with Crippen molar-refractivity contribution in [3.05, 3.63) is 29.6 Å². The molecule has 0 spiro atoms. The Bertz CT molecular complexity index is 507. The van der Waals surface area contributed by atoms with Crippen molar-refractivity contribution < 1.29 is 13.9 Å². The number of amides is 1. The number of hydrogen-bond donors (Lipinski definition) is 1. The fourth-order valence-electron chi connectivity index (χ4n) is 2.92. The number of methoxy groups -OCH3 is 1. The van der Waals surface area contributed by atoms with E-state index < -0.39 is 5.82 Å². The van der Waals surface area contributed by atoms with Crippen molar-refractivity contribution in [2.45, 2.75) is 38.3 Å². The molecular formula is C16H23FN2O2. The highest BCUT2D eigenvalue weighted by atomic mass is 19.1. The first kappa shape index (κ1) is 15.8. The molecular weight excluding hydrogens is 271 g/mol. The SMILES string of the molecule is COc1ccc(CN(C)C(=O)[C@@H]2CCC[C@@H](N)C2)cc1F. The van der Waals surface area contributed by atoms with E-state index in [-0.39, 0.29) is 23.6 Å².